The van der Waals surface area contributed by atoms with Gasteiger partial charge in [-0.15, -0.1) is 0 Å². The van der Waals surface area contributed by atoms with Crippen molar-refractivity contribution in [1.29, 1.82) is 0 Å². The van der Waals surface area contributed by atoms with E-state index in [1.807, 2.05) is 4.90 Å². The third-order valence-corrected chi connectivity index (χ3v) is 7.06. The summed E-state index contributed by atoms with van der Waals surface area (Å²) in [5.74, 6) is -0.635. The number of nitrogens with one attached hydrogen (secondary N) is 1. The molecule has 3 rings (SSSR count). The van der Waals surface area contributed by atoms with Crippen molar-refractivity contribution in [3.05, 3.63) is 30.1 Å². The SMILES string of the molecule is O=C(CN1CCN(S(=O)(=O)N2CCCCCC2)CC1)Nc1cccc(F)c1. The van der Waals surface area contributed by atoms with Crippen LogP contribution >= 0.6 is 0 Å². The zero-order valence-corrected chi connectivity index (χ0v) is 16.3. The molecule has 0 spiro atoms. The molecular weight excluding hydrogens is 371 g/mol. The summed E-state index contributed by atoms with van der Waals surface area (Å²) in [5, 5.41) is 2.67. The zero-order chi connectivity index (χ0) is 19.3. The average Bonchev–Trinajstić information content (AvgIpc) is 2.92. The van der Waals surface area contributed by atoms with Gasteiger partial charge in [-0.1, -0.05) is 18.9 Å². The van der Waals surface area contributed by atoms with E-state index in [2.05, 4.69) is 5.32 Å². The lowest BCUT2D eigenvalue weighted by atomic mass is 10.2. The van der Waals surface area contributed by atoms with Crippen LogP contribution in [0.5, 0.6) is 0 Å². The van der Waals surface area contributed by atoms with E-state index in [0.29, 0.717) is 45.0 Å². The Morgan fingerprint density at radius 1 is 0.963 bits per heavy atom. The van der Waals surface area contributed by atoms with E-state index in [9.17, 15) is 17.6 Å². The second-order valence-corrected chi connectivity index (χ2v) is 8.98. The van der Waals surface area contributed by atoms with E-state index in [0.717, 1.165) is 25.7 Å². The molecule has 0 radical (unpaired) electrons. The molecule has 2 saturated heterocycles. The number of nitrogens with zero attached hydrogens (tertiary/aromatic N) is 3. The first-order valence-corrected chi connectivity index (χ1v) is 10.9. The molecule has 0 aromatic heterocycles. The molecule has 2 aliphatic heterocycles. The van der Waals surface area contributed by atoms with Crippen molar-refractivity contribution in [2.45, 2.75) is 25.7 Å². The molecule has 2 fully saturated rings. The van der Waals surface area contributed by atoms with Crippen molar-refractivity contribution in [2.75, 3.05) is 51.1 Å². The molecule has 0 bridgehead atoms. The van der Waals surface area contributed by atoms with Crippen LogP contribution in [0.2, 0.25) is 0 Å². The van der Waals surface area contributed by atoms with Crippen molar-refractivity contribution in [1.82, 2.24) is 13.5 Å². The Hall–Kier alpha value is -1.55. The van der Waals surface area contributed by atoms with Crippen molar-refractivity contribution in [3.63, 3.8) is 0 Å². The zero-order valence-electron chi connectivity index (χ0n) is 15.4. The number of carbonyl (C=O) groups is 1. The topological polar surface area (TPSA) is 73.0 Å². The Morgan fingerprint density at radius 3 is 2.22 bits per heavy atom. The molecule has 2 aliphatic rings. The molecule has 7 nitrogen and oxygen atoms in total. The minimum atomic E-state index is -3.42. The summed E-state index contributed by atoms with van der Waals surface area (Å²) in [6, 6.07) is 5.76. The van der Waals surface area contributed by atoms with E-state index in [1.54, 1.807) is 10.4 Å². The maximum absolute atomic E-state index is 13.2. The Balaban J connectivity index is 1.48. The summed E-state index contributed by atoms with van der Waals surface area (Å²) < 4.78 is 41.9. The van der Waals surface area contributed by atoms with Gasteiger partial charge in [0.2, 0.25) is 5.91 Å². The van der Waals surface area contributed by atoms with Gasteiger partial charge >= 0.3 is 0 Å². The van der Waals surface area contributed by atoms with E-state index in [4.69, 9.17) is 0 Å². The highest BCUT2D eigenvalue weighted by atomic mass is 32.2. The molecule has 2 heterocycles. The summed E-state index contributed by atoms with van der Waals surface area (Å²) in [4.78, 5) is 14.1. The molecule has 27 heavy (non-hydrogen) atoms. The number of benzene rings is 1. The van der Waals surface area contributed by atoms with Gasteiger partial charge in [-0.3, -0.25) is 9.69 Å². The van der Waals surface area contributed by atoms with Crippen LogP contribution in [0, 0.1) is 5.82 Å². The molecule has 1 amide bonds. The normalized spacial score (nSPS) is 20.9. The fourth-order valence-electron chi connectivity index (χ4n) is 3.52. The molecule has 1 aromatic rings. The van der Waals surface area contributed by atoms with Gasteiger partial charge < -0.3 is 5.32 Å². The number of hydrogen-bond acceptors (Lipinski definition) is 4. The Bertz CT molecular complexity index is 743. The first-order valence-electron chi connectivity index (χ1n) is 9.48. The second kappa shape index (κ2) is 9.09. The van der Waals surface area contributed by atoms with Crippen LogP contribution in [0.25, 0.3) is 0 Å². The lowest BCUT2D eigenvalue weighted by Crippen LogP contribution is -2.54. The maximum Gasteiger partial charge on any atom is 0.282 e. The summed E-state index contributed by atoms with van der Waals surface area (Å²) in [6.07, 6.45) is 4.00. The van der Waals surface area contributed by atoms with Gasteiger partial charge in [0.1, 0.15) is 5.82 Å². The fourth-order valence-corrected chi connectivity index (χ4v) is 5.19. The number of anilines is 1. The van der Waals surface area contributed by atoms with Gasteiger partial charge in [-0.25, -0.2) is 4.39 Å². The van der Waals surface area contributed by atoms with Crippen LogP contribution in [0.1, 0.15) is 25.7 Å². The second-order valence-electron chi connectivity index (χ2n) is 7.05. The van der Waals surface area contributed by atoms with Crippen LogP contribution in [-0.2, 0) is 15.0 Å². The van der Waals surface area contributed by atoms with Crippen molar-refractivity contribution < 1.29 is 17.6 Å². The molecule has 1 aromatic carbocycles. The van der Waals surface area contributed by atoms with Gasteiger partial charge in [0, 0.05) is 45.0 Å². The smallest absolute Gasteiger partial charge is 0.282 e. The molecule has 1 N–H and O–H groups in total. The Labute approximate surface area is 160 Å². The Morgan fingerprint density at radius 2 is 1.59 bits per heavy atom. The summed E-state index contributed by atoms with van der Waals surface area (Å²) in [6.45, 7) is 3.12. The monoisotopic (exact) mass is 398 g/mol. The highest BCUT2D eigenvalue weighted by Gasteiger charge is 2.32. The Kier molecular flexibility index (Phi) is 6.80. The molecular formula is C18H27FN4O3S. The van der Waals surface area contributed by atoms with Crippen LogP contribution in [0.15, 0.2) is 24.3 Å². The lowest BCUT2D eigenvalue weighted by molar-refractivity contribution is -0.117. The van der Waals surface area contributed by atoms with E-state index < -0.39 is 16.0 Å². The quantitative estimate of drug-likeness (QED) is 0.816. The van der Waals surface area contributed by atoms with Crippen LogP contribution in [0.3, 0.4) is 0 Å². The molecule has 0 atom stereocenters. The molecule has 0 saturated carbocycles. The number of halogens is 1. The van der Waals surface area contributed by atoms with E-state index >= 15 is 0 Å². The van der Waals surface area contributed by atoms with Gasteiger partial charge in [0.05, 0.1) is 6.54 Å². The third-order valence-electron chi connectivity index (χ3n) is 5.02. The molecule has 0 aliphatic carbocycles. The summed E-state index contributed by atoms with van der Waals surface area (Å²) >= 11 is 0. The van der Waals surface area contributed by atoms with Crippen molar-refractivity contribution in [3.8, 4) is 0 Å². The van der Waals surface area contributed by atoms with Gasteiger partial charge in [0.25, 0.3) is 10.2 Å². The minimum Gasteiger partial charge on any atom is -0.325 e. The van der Waals surface area contributed by atoms with Crippen molar-refractivity contribution in [2.24, 2.45) is 0 Å². The molecule has 150 valence electrons. The summed E-state index contributed by atoms with van der Waals surface area (Å²) in [7, 11) is -3.42. The number of amides is 1. The standard InChI is InChI=1S/C18H27FN4O3S/c19-16-6-5-7-17(14-16)20-18(24)15-21-10-12-23(13-11-21)27(25,26)22-8-3-1-2-4-9-22/h5-7,14H,1-4,8-13,15H2,(H,20,24). The first-order chi connectivity index (χ1) is 12.9. The van der Waals surface area contributed by atoms with Gasteiger partial charge in [-0.05, 0) is 31.0 Å². The van der Waals surface area contributed by atoms with Gasteiger partial charge in [0.15, 0.2) is 0 Å². The minimum absolute atomic E-state index is 0.161. The number of carbonyl (C=O) groups excluding carboxylic acids is 1. The largest absolute Gasteiger partial charge is 0.325 e. The van der Waals surface area contributed by atoms with E-state index in [1.165, 1.54) is 22.5 Å². The molecule has 0 unspecified atom stereocenters. The van der Waals surface area contributed by atoms with Crippen LogP contribution in [-0.4, -0.2) is 73.6 Å². The third kappa shape index (κ3) is 5.47. The number of piperazine rings is 1. The van der Waals surface area contributed by atoms with E-state index in [-0.39, 0.29) is 12.5 Å². The number of rotatable bonds is 5. The first kappa shape index (κ1) is 20.2. The summed E-state index contributed by atoms with van der Waals surface area (Å²) in [5.41, 5.74) is 0.419. The highest BCUT2D eigenvalue weighted by Crippen LogP contribution is 2.18. The van der Waals surface area contributed by atoms with Crippen LogP contribution < -0.4 is 5.32 Å². The molecule has 9 heteroatoms. The fraction of sp³-hybridized carbons (Fsp3) is 0.611. The predicted molar refractivity (Wildman–Crippen MR) is 102 cm³/mol. The van der Waals surface area contributed by atoms with Crippen LogP contribution in [0.4, 0.5) is 10.1 Å². The number of hydrogen-bond donors (Lipinski definition) is 1. The van der Waals surface area contributed by atoms with Gasteiger partial charge in [-0.2, -0.15) is 17.0 Å². The highest BCUT2D eigenvalue weighted by molar-refractivity contribution is 7.86. The maximum atomic E-state index is 13.2. The predicted octanol–water partition coefficient (Wildman–Crippen LogP) is 1.50. The van der Waals surface area contributed by atoms with Crippen molar-refractivity contribution >= 4 is 21.8 Å². The average molecular weight is 399 g/mol. The lowest BCUT2D eigenvalue weighted by Gasteiger charge is -2.36.